The molecule has 0 spiro atoms. The van der Waals surface area contributed by atoms with Crippen molar-refractivity contribution < 1.29 is 9.53 Å². The minimum absolute atomic E-state index is 0.285. The zero-order valence-corrected chi connectivity index (χ0v) is 22.8. The molecule has 1 N–H and O–H groups in total. The molecule has 202 valence electrons. The fourth-order valence-electron chi connectivity index (χ4n) is 5.20. The van der Waals surface area contributed by atoms with Gasteiger partial charge in [0.25, 0.3) is 0 Å². The number of fused-ring (bicyclic) bond motifs is 1. The second-order valence-electron chi connectivity index (χ2n) is 10.1. The van der Waals surface area contributed by atoms with E-state index in [-0.39, 0.29) is 6.04 Å². The quantitative estimate of drug-likeness (QED) is 0.340. The number of benzene rings is 1. The molecule has 0 bridgehead atoms. The first kappa shape index (κ1) is 26.5. The molecule has 9 heteroatoms. The summed E-state index contributed by atoms with van der Waals surface area (Å²) in [6.45, 7) is 5.68. The van der Waals surface area contributed by atoms with E-state index in [1.54, 1.807) is 13.8 Å². The van der Waals surface area contributed by atoms with E-state index in [1.807, 2.05) is 31.8 Å². The van der Waals surface area contributed by atoms with Crippen molar-refractivity contribution in [1.82, 2.24) is 34.7 Å². The van der Waals surface area contributed by atoms with Gasteiger partial charge in [0, 0.05) is 51.2 Å². The van der Waals surface area contributed by atoms with Crippen LogP contribution in [0.25, 0.3) is 0 Å². The van der Waals surface area contributed by atoms with Crippen LogP contribution in [-0.4, -0.2) is 42.0 Å². The van der Waals surface area contributed by atoms with Crippen molar-refractivity contribution in [2.24, 2.45) is 7.05 Å². The molecule has 5 rings (SSSR count). The van der Waals surface area contributed by atoms with Gasteiger partial charge in [0.05, 0.1) is 29.5 Å². The third kappa shape index (κ3) is 6.49. The van der Waals surface area contributed by atoms with Crippen molar-refractivity contribution >= 4 is 6.09 Å². The van der Waals surface area contributed by atoms with Crippen LogP contribution in [0.3, 0.4) is 0 Å². The van der Waals surface area contributed by atoms with E-state index >= 15 is 0 Å². The lowest BCUT2D eigenvalue weighted by atomic mass is 9.90. The molecule has 3 heterocycles. The molecule has 1 aliphatic rings. The standard InChI is InChI=1S/C30H35N7O2/c1-21-29(22(2)35-19-34-21)39-30(38)33-16-23-9-11-24(12-10-23)18-37(15-13-26-17-31-20-36(26)3)27-8-4-6-25-7-5-14-32-28(25)27/h5,7,9-12,14,17,19-20,27H,4,6,8,13,15-16,18H2,1-3H3,(H,33,38). The highest BCUT2D eigenvalue weighted by molar-refractivity contribution is 5.70. The Morgan fingerprint density at radius 3 is 2.62 bits per heavy atom. The van der Waals surface area contributed by atoms with Crippen LogP contribution in [0.2, 0.25) is 0 Å². The number of carbonyl (C=O) groups excluding carboxylic acids is 1. The Hall–Kier alpha value is -4.11. The third-order valence-corrected chi connectivity index (χ3v) is 7.38. The number of nitrogens with zero attached hydrogens (tertiary/aromatic N) is 6. The highest BCUT2D eigenvalue weighted by Crippen LogP contribution is 2.34. The Morgan fingerprint density at radius 1 is 1.10 bits per heavy atom. The summed E-state index contributed by atoms with van der Waals surface area (Å²) in [7, 11) is 2.04. The van der Waals surface area contributed by atoms with Crippen molar-refractivity contribution in [2.75, 3.05) is 6.54 Å². The van der Waals surface area contributed by atoms with Gasteiger partial charge in [-0.3, -0.25) is 9.88 Å². The lowest BCUT2D eigenvalue weighted by Crippen LogP contribution is -2.33. The Balaban J connectivity index is 1.24. The molecular formula is C30H35N7O2. The van der Waals surface area contributed by atoms with Crippen LogP contribution in [0.1, 0.15) is 58.3 Å². The average Bonchev–Trinajstić information content (AvgIpc) is 3.36. The first-order chi connectivity index (χ1) is 19.0. The van der Waals surface area contributed by atoms with Crippen LogP contribution in [-0.2, 0) is 33.0 Å². The molecule has 0 aliphatic heterocycles. The van der Waals surface area contributed by atoms with Crippen molar-refractivity contribution in [3.05, 3.63) is 101 Å². The molecule has 1 amide bonds. The SMILES string of the molecule is Cc1ncnc(C)c1OC(=O)NCc1ccc(CN(CCc2cncn2C)C2CCCc3cccnc32)cc1. The van der Waals surface area contributed by atoms with Gasteiger partial charge in [0.1, 0.15) is 6.33 Å². The van der Waals surface area contributed by atoms with Crippen LogP contribution in [0.15, 0.2) is 61.4 Å². The number of aromatic nitrogens is 5. The highest BCUT2D eigenvalue weighted by Gasteiger charge is 2.27. The van der Waals surface area contributed by atoms with Gasteiger partial charge < -0.3 is 14.6 Å². The van der Waals surface area contributed by atoms with Crippen LogP contribution < -0.4 is 10.1 Å². The lowest BCUT2D eigenvalue weighted by Gasteiger charge is -2.35. The lowest BCUT2D eigenvalue weighted by molar-refractivity contribution is 0.167. The number of imidazole rings is 1. The molecule has 0 saturated heterocycles. The molecule has 1 aromatic carbocycles. The minimum atomic E-state index is -0.523. The summed E-state index contributed by atoms with van der Waals surface area (Å²) in [6.07, 6.45) is 10.9. The van der Waals surface area contributed by atoms with E-state index in [2.05, 4.69) is 60.1 Å². The van der Waals surface area contributed by atoms with Crippen molar-refractivity contribution in [2.45, 2.75) is 58.7 Å². The van der Waals surface area contributed by atoms with E-state index in [4.69, 9.17) is 9.72 Å². The number of hydrogen-bond donors (Lipinski definition) is 1. The smallest absolute Gasteiger partial charge is 0.406 e. The molecule has 1 aliphatic carbocycles. The Morgan fingerprint density at radius 2 is 1.87 bits per heavy atom. The van der Waals surface area contributed by atoms with E-state index in [0.29, 0.717) is 23.7 Å². The second-order valence-corrected chi connectivity index (χ2v) is 10.1. The number of ether oxygens (including phenoxy) is 1. The number of pyridine rings is 1. The molecule has 0 saturated carbocycles. The van der Waals surface area contributed by atoms with E-state index in [0.717, 1.165) is 37.9 Å². The molecule has 9 nitrogen and oxygen atoms in total. The molecule has 1 unspecified atom stereocenters. The zero-order valence-electron chi connectivity index (χ0n) is 22.8. The maximum atomic E-state index is 12.4. The van der Waals surface area contributed by atoms with Gasteiger partial charge in [-0.1, -0.05) is 30.3 Å². The van der Waals surface area contributed by atoms with Gasteiger partial charge in [-0.2, -0.15) is 0 Å². The second kappa shape index (κ2) is 12.2. The third-order valence-electron chi connectivity index (χ3n) is 7.38. The molecule has 0 fully saturated rings. The molecular weight excluding hydrogens is 490 g/mol. The highest BCUT2D eigenvalue weighted by atomic mass is 16.6. The van der Waals surface area contributed by atoms with E-state index < -0.39 is 6.09 Å². The number of rotatable bonds is 9. The van der Waals surface area contributed by atoms with Crippen molar-refractivity contribution in [3.63, 3.8) is 0 Å². The summed E-state index contributed by atoms with van der Waals surface area (Å²) in [5, 5.41) is 2.82. The van der Waals surface area contributed by atoms with Gasteiger partial charge in [0.2, 0.25) is 0 Å². The van der Waals surface area contributed by atoms with E-state index in [1.165, 1.54) is 35.3 Å². The number of carbonyl (C=O) groups is 1. The maximum absolute atomic E-state index is 12.4. The maximum Gasteiger partial charge on any atom is 0.412 e. The van der Waals surface area contributed by atoms with Gasteiger partial charge in [0.15, 0.2) is 5.75 Å². The fourth-order valence-corrected chi connectivity index (χ4v) is 5.20. The van der Waals surface area contributed by atoms with Gasteiger partial charge in [-0.15, -0.1) is 0 Å². The molecule has 3 aromatic heterocycles. The summed E-state index contributed by atoms with van der Waals surface area (Å²) in [4.78, 5) is 32.2. The Bertz CT molecular complexity index is 1400. The number of amides is 1. The molecule has 39 heavy (non-hydrogen) atoms. The van der Waals surface area contributed by atoms with Gasteiger partial charge >= 0.3 is 6.09 Å². The largest absolute Gasteiger partial charge is 0.412 e. The van der Waals surface area contributed by atoms with Crippen LogP contribution in [0.4, 0.5) is 4.79 Å². The van der Waals surface area contributed by atoms with Crippen LogP contribution in [0.5, 0.6) is 5.75 Å². The predicted molar refractivity (Wildman–Crippen MR) is 148 cm³/mol. The topological polar surface area (TPSA) is 98.1 Å². The fraction of sp³-hybridized carbons (Fsp3) is 0.367. The Labute approximate surface area is 229 Å². The summed E-state index contributed by atoms with van der Waals surface area (Å²) in [6, 6.07) is 12.9. The van der Waals surface area contributed by atoms with Crippen LogP contribution in [0, 0.1) is 13.8 Å². The molecule has 1 atom stereocenters. The normalized spacial score (nSPS) is 14.7. The number of nitrogens with one attached hydrogen (secondary N) is 1. The van der Waals surface area contributed by atoms with E-state index in [9.17, 15) is 4.79 Å². The van der Waals surface area contributed by atoms with Crippen LogP contribution >= 0.6 is 0 Å². The first-order valence-corrected chi connectivity index (χ1v) is 13.4. The monoisotopic (exact) mass is 525 g/mol. The Kier molecular flexibility index (Phi) is 8.27. The summed E-state index contributed by atoms with van der Waals surface area (Å²) in [5.41, 5.74) is 7.28. The predicted octanol–water partition coefficient (Wildman–Crippen LogP) is 4.63. The number of hydrogen-bond acceptors (Lipinski definition) is 7. The van der Waals surface area contributed by atoms with Gasteiger partial charge in [-0.25, -0.2) is 19.7 Å². The first-order valence-electron chi connectivity index (χ1n) is 13.4. The zero-order chi connectivity index (χ0) is 27.2. The summed E-state index contributed by atoms with van der Waals surface area (Å²) >= 11 is 0. The van der Waals surface area contributed by atoms with Crippen molar-refractivity contribution in [3.8, 4) is 5.75 Å². The molecule has 0 radical (unpaired) electrons. The minimum Gasteiger partial charge on any atom is -0.406 e. The average molecular weight is 526 g/mol. The summed E-state index contributed by atoms with van der Waals surface area (Å²) in [5.74, 6) is 0.398. The van der Waals surface area contributed by atoms with Gasteiger partial charge in [-0.05, 0) is 55.9 Å². The number of aryl methyl sites for hydroxylation is 4. The summed E-state index contributed by atoms with van der Waals surface area (Å²) < 4.78 is 7.53. The van der Waals surface area contributed by atoms with Crippen molar-refractivity contribution in [1.29, 1.82) is 0 Å². The molecule has 4 aromatic rings.